The molecule has 0 N–H and O–H groups in total. The van der Waals surface area contributed by atoms with Crippen molar-refractivity contribution in [3.63, 3.8) is 0 Å². The molecule has 1 aliphatic rings. The Balaban J connectivity index is 1.38. The Morgan fingerprint density at radius 1 is 0.371 bits per heavy atom. The van der Waals surface area contributed by atoms with E-state index in [1.165, 1.54) is 0 Å². The molecule has 0 saturated carbocycles. The molecule has 0 aromatic heterocycles. The summed E-state index contributed by atoms with van der Waals surface area (Å²) in [6, 6.07) is 41.3. The van der Waals surface area contributed by atoms with Crippen molar-refractivity contribution in [2.45, 2.75) is 0 Å². The molecule has 3 nitrogen and oxygen atoms in total. The van der Waals surface area contributed by atoms with Crippen LogP contribution in [0.15, 0.2) is 127 Å². The average molecular weight is 452 g/mol. The first-order valence-electron chi connectivity index (χ1n) is 11.5. The summed E-state index contributed by atoms with van der Waals surface area (Å²) in [4.78, 5) is 28.3. The molecular weight excluding hydrogens is 430 g/mol. The van der Waals surface area contributed by atoms with Crippen LogP contribution >= 0.6 is 0 Å². The molecule has 0 atom stereocenters. The van der Waals surface area contributed by atoms with Crippen LogP contribution in [0.1, 0.15) is 31.8 Å². The SMILES string of the molecule is O=C1c2ccccc2C(=O)c2cc(-c3ccc(N(c4ccccc4)c4ccccc4)cc3)ccc21. The van der Waals surface area contributed by atoms with Gasteiger partial charge in [-0.3, -0.25) is 9.59 Å². The van der Waals surface area contributed by atoms with Gasteiger partial charge in [0.05, 0.1) is 0 Å². The maximum absolute atomic E-state index is 13.1. The summed E-state index contributed by atoms with van der Waals surface area (Å²) >= 11 is 0. The average Bonchev–Trinajstić information content (AvgIpc) is 2.93. The summed E-state index contributed by atoms with van der Waals surface area (Å²) in [5.74, 6) is -0.202. The van der Waals surface area contributed by atoms with Gasteiger partial charge in [0.15, 0.2) is 11.6 Å². The first-order valence-corrected chi connectivity index (χ1v) is 11.5. The Bertz CT molecular complexity index is 1520. The minimum atomic E-state index is -0.104. The van der Waals surface area contributed by atoms with Crippen LogP contribution in [-0.4, -0.2) is 11.6 Å². The molecule has 166 valence electrons. The molecule has 0 fully saturated rings. The van der Waals surface area contributed by atoms with Gasteiger partial charge < -0.3 is 4.90 Å². The lowest BCUT2D eigenvalue weighted by molar-refractivity contribution is 0.0979. The molecule has 6 rings (SSSR count). The molecule has 1 aliphatic carbocycles. The number of carbonyl (C=O) groups is 2. The van der Waals surface area contributed by atoms with Crippen molar-refractivity contribution in [1.29, 1.82) is 0 Å². The summed E-state index contributed by atoms with van der Waals surface area (Å²) in [6.45, 7) is 0. The van der Waals surface area contributed by atoms with Crippen LogP contribution in [-0.2, 0) is 0 Å². The van der Waals surface area contributed by atoms with Crippen LogP contribution in [0.25, 0.3) is 11.1 Å². The Hall–Kier alpha value is -4.76. The smallest absolute Gasteiger partial charge is 0.194 e. The number of fused-ring (bicyclic) bond motifs is 2. The van der Waals surface area contributed by atoms with Crippen LogP contribution in [0.3, 0.4) is 0 Å². The zero-order valence-electron chi connectivity index (χ0n) is 18.9. The highest BCUT2D eigenvalue weighted by Gasteiger charge is 2.29. The molecule has 0 aliphatic heterocycles. The van der Waals surface area contributed by atoms with Crippen molar-refractivity contribution in [2.24, 2.45) is 0 Å². The van der Waals surface area contributed by atoms with Gasteiger partial charge in [0, 0.05) is 39.3 Å². The van der Waals surface area contributed by atoms with Crippen LogP contribution in [0.2, 0.25) is 0 Å². The molecule has 5 aromatic rings. The third kappa shape index (κ3) is 3.64. The van der Waals surface area contributed by atoms with E-state index in [1.807, 2.05) is 48.5 Å². The largest absolute Gasteiger partial charge is 0.311 e. The van der Waals surface area contributed by atoms with Crippen LogP contribution in [0, 0.1) is 0 Å². The lowest BCUT2D eigenvalue weighted by atomic mass is 9.83. The fourth-order valence-electron chi connectivity index (χ4n) is 4.68. The quantitative estimate of drug-likeness (QED) is 0.277. The van der Waals surface area contributed by atoms with Gasteiger partial charge in [-0.15, -0.1) is 0 Å². The van der Waals surface area contributed by atoms with Gasteiger partial charge in [0.25, 0.3) is 0 Å². The van der Waals surface area contributed by atoms with E-state index in [9.17, 15) is 9.59 Å². The van der Waals surface area contributed by atoms with Crippen molar-refractivity contribution >= 4 is 28.6 Å². The summed E-state index contributed by atoms with van der Waals surface area (Å²) in [7, 11) is 0. The Morgan fingerprint density at radius 2 is 0.800 bits per heavy atom. The number of hydrogen-bond donors (Lipinski definition) is 0. The molecule has 0 radical (unpaired) electrons. The molecule has 3 heteroatoms. The number of ketones is 2. The van der Waals surface area contributed by atoms with Crippen molar-refractivity contribution < 1.29 is 9.59 Å². The monoisotopic (exact) mass is 451 g/mol. The number of para-hydroxylation sites is 2. The lowest BCUT2D eigenvalue weighted by Crippen LogP contribution is -2.20. The van der Waals surface area contributed by atoms with Gasteiger partial charge in [-0.25, -0.2) is 0 Å². The molecule has 0 unspecified atom stereocenters. The summed E-state index contributed by atoms with van der Waals surface area (Å²) in [5.41, 5.74) is 6.94. The number of hydrogen-bond acceptors (Lipinski definition) is 3. The van der Waals surface area contributed by atoms with E-state index >= 15 is 0 Å². The molecule has 0 spiro atoms. The van der Waals surface area contributed by atoms with Gasteiger partial charge in [0.1, 0.15) is 0 Å². The highest BCUT2D eigenvalue weighted by molar-refractivity contribution is 6.28. The molecule has 0 heterocycles. The van der Waals surface area contributed by atoms with Crippen LogP contribution < -0.4 is 4.90 Å². The standard InChI is InChI=1S/C32H21NO2/c34-31-27-13-7-8-14-28(27)32(35)30-21-23(17-20-29(30)31)22-15-18-26(19-16-22)33(24-9-3-1-4-10-24)25-11-5-2-6-12-25/h1-21H. The van der Waals surface area contributed by atoms with E-state index in [2.05, 4.69) is 53.4 Å². The van der Waals surface area contributed by atoms with Gasteiger partial charge in [0.2, 0.25) is 0 Å². The van der Waals surface area contributed by atoms with Crippen molar-refractivity contribution in [1.82, 2.24) is 0 Å². The minimum absolute atomic E-state index is 0.0986. The first-order chi connectivity index (χ1) is 17.2. The van der Waals surface area contributed by atoms with E-state index in [0.717, 1.165) is 28.2 Å². The van der Waals surface area contributed by atoms with E-state index in [1.54, 1.807) is 30.3 Å². The number of nitrogens with zero attached hydrogens (tertiary/aromatic N) is 1. The van der Waals surface area contributed by atoms with E-state index in [0.29, 0.717) is 22.3 Å². The molecule has 0 amide bonds. The highest BCUT2D eigenvalue weighted by Crippen LogP contribution is 2.36. The predicted molar refractivity (Wildman–Crippen MR) is 140 cm³/mol. The Kier molecular flexibility index (Phi) is 5.08. The minimum Gasteiger partial charge on any atom is -0.311 e. The number of benzene rings is 5. The van der Waals surface area contributed by atoms with E-state index in [-0.39, 0.29) is 11.6 Å². The van der Waals surface area contributed by atoms with Crippen molar-refractivity contribution in [3.05, 3.63) is 150 Å². The zero-order valence-corrected chi connectivity index (χ0v) is 18.9. The van der Waals surface area contributed by atoms with Crippen LogP contribution in [0.5, 0.6) is 0 Å². The van der Waals surface area contributed by atoms with E-state index < -0.39 is 0 Å². The van der Waals surface area contributed by atoms with Gasteiger partial charge in [-0.05, 0) is 59.7 Å². The van der Waals surface area contributed by atoms with Crippen molar-refractivity contribution in [2.75, 3.05) is 4.90 Å². The topological polar surface area (TPSA) is 37.4 Å². The fraction of sp³-hybridized carbons (Fsp3) is 0. The summed E-state index contributed by atoms with van der Waals surface area (Å²) in [6.07, 6.45) is 0. The first kappa shape index (κ1) is 20.8. The third-order valence-corrected chi connectivity index (χ3v) is 6.41. The summed E-state index contributed by atoms with van der Waals surface area (Å²) in [5, 5.41) is 0. The molecular formula is C32H21NO2. The normalized spacial score (nSPS) is 12.1. The summed E-state index contributed by atoms with van der Waals surface area (Å²) < 4.78 is 0. The van der Waals surface area contributed by atoms with Gasteiger partial charge >= 0.3 is 0 Å². The molecule has 0 bridgehead atoms. The second kappa shape index (κ2) is 8.54. The lowest BCUT2D eigenvalue weighted by Gasteiger charge is -2.25. The fourth-order valence-corrected chi connectivity index (χ4v) is 4.68. The van der Waals surface area contributed by atoms with E-state index in [4.69, 9.17) is 0 Å². The molecule has 35 heavy (non-hydrogen) atoms. The van der Waals surface area contributed by atoms with Crippen LogP contribution in [0.4, 0.5) is 17.1 Å². The maximum Gasteiger partial charge on any atom is 0.194 e. The number of anilines is 3. The highest BCUT2D eigenvalue weighted by atomic mass is 16.1. The Morgan fingerprint density at radius 3 is 1.37 bits per heavy atom. The zero-order chi connectivity index (χ0) is 23.8. The molecule has 5 aromatic carbocycles. The van der Waals surface area contributed by atoms with Crippen molar-refractivity contribution in [3.8, 4) is 11.1 Å². The number of rotatable bonds is 4. The number of carbonyl (C=O) groups excluding carboxylic acids is 2. The predicted octanol–water partition coefficient (Wildman–Crippen LogP) is 7.60. The second-order valence-corrected chi connectivity index (χ2v) is 8.52. The van der Waals surface area contributed by atoms with Gasteiger partial charge in [-0.1, -0.05) is 78.9 Å². The van der Waals surface area contributed by atoms with Gasteiger partial charge in [-0.2, -0.15) is 0 Å². The maximum atomic E-state index is 13.1. The third-order valence-electron chi connectivity index (χ3n) is 6.41. The second-order valence-electron chi connectivity index (χ2n) is 8.52. The molecule has 0 saturated heterocycles. The Labute approximate surface area is 203 Å².